The van der Waals surface area contributed by atoms with Gasteiger partial charge in [-0.25, -0.2) is 0 Å². The van der Waals surface area contributed by atoms with E-state index in [4.69, 9.17) is 5.73 Å². The Balaban J connectivity index is 1.72. The number of nitrogens with one attached hydrogen (secondary N) is 1. The number of carbonyl (C=O) groups excluding carboxylic acids is 5. The minimum Gasteiger partial charge on any atom is -0.357 e. The van der Waals surface area contributed by atoms with Crippen molar-refractivity contribution in [3.63, 3.8) is 0 Å². The van der Waals surface area contributed by atoms with Crippen molar-refractivity contribution in [1.82, 2.24) is 15.1 Å². The maximum atomic E-state index is 13.5. The first-order valence-electron chi connectivity index (χ1n) is 13.0. The number of rotatable bonds is 12. The topological polar surface area (TPSA) is 130 Å². The number of nitrogens with two attached hydrogens (primary N) is 1. The number of carbonyl (C=O) groups is 5. The normalized spacial score (nSPS) is 14.3. The second kappa shape index (κ2) is 13.1. The van der Waals surface area contributed by atoms with Crippen LogP contribution >= 0.6 is 0 Å². The van der Waals surface area contributed by atoms with E-state index in [0.717, 1.165) is 10.5 Å². The zero-order chi connectivity index (χ0) is 27.8. The van der Waals surface area contributed by atoms with E-state index in [2.05, 4.69) is 5.32 Å². The fraction of sp³-hybridized carbons (Fsp3) is 0.414. The van der Waals surface area contributed by atoms with E-state index in [1.165, 1.54) is 11.9 Å². The Morgan fingerprint density at radius 3 is 2.05 bits per heavy atom. The van der Waals surface area contributed by atoms with Crippen molar-refractivity contribution in [2.45, 2.75) is 58.0 Å². The van der Waals surface area contributed by atoms with E-state index >= 15 is 0 Å². The van der Waals surface area contributed by atoms with E-state index in [9.17, 15) is 24.0 Å². The summed E-state index contributed by atoms with van der Waals surface area (Å²) in [6, 6.07) is 13.8. The first kappa shape index (κ1) is 28.7. The van der Waals surface area contributed by atoms with Crippen LogP contribution in [-0.4, -0.2) is 65.0 Å². The van der Waals surface area contributed by atoms with Crippen LogP contribution in [0.15, 0.2) is 54.6 Å². The Hall–Kier alpha value is -3.85. The molecular weight excluding hydrogens is 484 g/mol. The summed E-state index contributed by atoms with van der Waals surface area (Å²) < 4.78 is 0. The molecule has 0 radical (unpaired) electrons. The highest BCUT2D eigenvalue weighted by molar-refractivity contribution is 6.21. The summed E-state index contributed by atoms with van der Waals surface area (Å²) in [7, 11) is 1.46. The number of hydrogen-bond acceptors (Lipinski definition) is 6. The molecule has 3 rings (SSSR count). The van der Waals surface area contributed by atoms with Gasteiger partial charge >= 0.3 is 0 Å². The number of likely N-dealkylation sites (N-methyl/N-ethyl adjacent to an activating group) is 1. The summed E-state index contributed by atoms with van der Waals surface area (Å²) in [5.41, 5.74) is 7.73. The highest BCUT2D eigenvalue weighted by Crippen LogP contribution is 2.23. The minimum absolute atomic E-state index is 0.0361. The second-order valence-corrected chi connectivity index (χ2v) is 9.92. The number of amides is 5. The van der Waals surface area contributed by atoms with Crippen LogP contribution in [0.1, 0.15) is 65.8 Å². The van der Waals surface area contributed by atoms with Crippen molar-refractivity contribution < 1.29 is 24.0 Å². The van der Waals surface area contributed by atoms with E-state index < -0.39 is 29.8 Å². The summed E-state index contributed by atoms with van der Waals surface area (Å²) in [6.45, 7) is 4.01. The molecular formula is C29H36N4O5. The monoisotopic (exact) mass is 520 g/mol. The van der Waals surface area contributed by atoms with Crippen molar-refractivity contribution >= 4 is 29.5 Å². The highest BCUT2D eigenvalue weighted by Gasteiger charge is 2.37. The molecule has 2 aromatic rings. The minimum atomic E-state index is -1.06. The molecule has 0 saturated heterocycles. The number of unbranched alkanes of at least 4 members (excludes halogenated alkanes) is 1. The van der Waals surface area contributed by atoms with Gasteiger partial charge in [0.1, 0.15) is 6.04 Å². The molecule has 0 saturated carbocycles. The average Bonchev–Trinajstić information content (AvgIpc) is 3.15. The van der Waals surface area contributed by atoms with Crippen molar-refractivity contribution in [2.75, 3.05) is 13.6 Å². The van der Waals surface area contributed by atoms with Crippen LogP contribution in [0, 0.1) is 5.92 Å². The first-order valence-corrected chi connectivity index (χ1v) is 13.0. The van der Waals surface area contributed by atoms with Crippen LogP contribution in [0.3, 0.4) is 0 Å². The molecule has 2 aromatic carbocycles. The van der Waals surface area contributed by atoms with Gasteiger partial charge in [-0.3, -0.25) is 33.8 Å². The highest BCUT2D eigenvalue weighted by atomic mass is 16.2. The lowest BCUT2D eigenvalue weighted by atomic mass is 9.99. The van der Waals surface area contributed by atoms with Gasteiger partial charge in [0, 0.05) is 26.4 Å². The van der Waals surface area contributed by atoms with Gasteiger partial charge in [-0.05, 0) is 42.9 Å². The fourth-order valence-corrected chi connectivity index (χ4v) is 4.65. The molecule has 3 N–H and O–H groups in total. The fourth-order valence-electron chi connectivity index (χ4n) is 4.65. The van der Waals surface area contributed by atoms with E-state index in [-0.39, 0.29) is 37.1 Å². The molecule has 2 atom stereocenters. The smallest absolute Gasteiger partial charge is 0.261 e. The van der Waals surface area contributed by atoms with Gasteiger partial charge in [0.2, 0.25) is 17.7 Å². The largest absolute Gasteiger partial charge is 0.357 e. The molecule has 1 aliphatic rings. The maximum absolute atomic E-state index is 13.5. The number of fused-ring (bicyclic) bond motifs is 1. The van der Waals surface area contributed by atoms with Crippen molar-refractivity contribution in [3.05, 3.63) is 71.3 Å². The molecule has 0 aromatic heterocycles. The van der Waals surface area contributed by atoms with Gasteiger partial charge in [-0.2, -0.15) is 0 Å². The van der Waals surface area contributed by atoms with Crippen LogP contribution in [-0.2, 0) is 20.8 Å². The zero-order valence-electron chi connectivity index (χ0n) is 22.2. The van der Waals surface area contributed by atoms with Crippen molar-refractivity contribution in [3.8, 4) is 0 Å². The van der Waals surface area contributed by atoms with Crippen LogP contribution in [0.5, 0.6) is 0 Å². The average molecular weight is 521 g/mol. The van der Waals surface area contributed by atoms with Crippen LogP contribution in [0.2, 0.25) is 0 Å². The summed E-state index contributed by atoms with van der Waals surface area (Å²) in [5.74, 6) is -2.14. The zero-order valence-corrected chi connectivity index (χ0v) is 22.2. The Morgan fingerprint density at radius 2 is 1.50 bits per heavy atom. The van der Waals surface area contributed by atoms with Crippen LogP contribution in [0.25, 0.3) is 0 Å². The molecule has 0 bridgehead atoms. The van der Waals surface area contributed by atoms with E-state index in [1.807, 2.05) is 44.2 Å². The predicted molar refractivity (Wildman–Crippen MR) is 143 cm³/mol. The molecule has 9 heteroatoms. The predicted octanol–water partition coefficient (Wildman–Crippen LogP) is 2.54. The van der Waals surface area contributed by atoms with Crippen LogP contribution < -0.4 is 11.1 Å². The molecule has 0 fully saturated rings. The molecule has 202 valence electrons. The Labute approximate surface area is 223 Å². The van der Waals surface area contributed by atoms with Gasteiger partial charge in [0.25, 0.3) is 11.8 Å². The number of nitrogens with zero attached hydrogens (tertiary/aromatic N) is 2. The Morgan fingerprint density at radius 1 is 0.921 bits per heavy atom. The lowest BCUT2D eigenvalue weighted by Gasteiger charge is -2.31. The lowest BCUT2D eigenvalue weighted by molar-refractivity contribution is -0.153. The Bertz CT molecular complexity index is 1150. The standard InChI is InChI=1S/C29H36N4O5/c1-19(2)17-23(30)29(38)33(24(26(35)31-3)18-20-11-5-4-6-12-20)25(34)15-9-10-16-32-27(36)21-13-7-8-14-22(21)28(32)37/h4-8,11-14,19,23-24H,9-10,15-18,30H2,1-3H3,(H,31,35)/t23-,24-/m0/s1. The molecule has 0 spiro atoms. The van der Waals surface area contributed by atoms with Crippen molar-refractivity contribution in [1.29, 1.82) is 0 Å². The van der Waals surface area contributed by atoms with Crippen LogP contribution in [0.4, 0.5) is 0 Å². The van der Waals surface area contributed by atoms with E-state index in [0.29, 0.717) is 30.4 Å². The molecule has 0 unspecified atom stereocenters. The summed E-state index contributed by atoms with van der Waals surface area (Å²) in [5, 5.41) is 2.57. The third-order valence-electron chi connectivity index (χ3n) is 6.58. The summed E-state index contributed by atoms with van der Waals surface area (Å²) in [4.78, 5) is 67.2. The van der Waals surface area contributed by atoms with Gasteiger partial charge in [0.15, 0.2) is 0 Å². The molecule has 5 amide bonds. The lowest BCUT2D eigenvalue weighted by Crippen LogP contribution is -2.57. The molecule has 1 aliphatic heterocycles. The Kier molecular flexibility index (Phi) is 9.90. The number of imide groups is 2. The number of hydrogen-bond donors (Lipinski definition) is 2. The molecule has 38 heavy (non-hydrogen) atoms. The summed E-state index contributed by atoms with van der Waals surface area (Å²) in [6.07, 6.45) is 1.18. The molecule has 0 aliphatic carbocycles. The SMILES string of the molecule is CNC(=O)[C@H](Cc1ccccc1)N(C(=O)CCCCN1C(=O)c2ccccc2C1=O)C(=O)[C@@H](N)CC(C)C. The summed E-state index contributed by atoms with van der Waals surface area (Å²) >= 11 is 0. The third-order valence-corrected chi connectivity index (χ3v) is 6.58. The van der Waals surface area contributed by atoms with E-state index in [1.54, 1.807) is 24.3 Å². The van der Waals surface area contributed by atoms with Gasteiger partial charge in [0.05, 0.1) is 17.2 Å². The third kappa shape index (κ3) is 6.72. The maximum Gasteiger partial charge on any atom is 0.261 e. The molecule has 1 heterocycles. The van der Waals surface area contributed by atoms with Crippen molar-refractivity contribution in [2.24, 2.45) is 11.7 Å². The van der Waals surface area contributed by atoms with Gasteiger partial charge in [-0.15, -0.1) is 0 Å². The van der Waals surface area contributed by atoms with Gasteiger partial charge in [-0.1, -0.05) is 56.3 Å². The number of benzene rings is 2. The quantitative estimate of drug-likeness (QED) is 0.327. The molecule has 9 nitrogen and oxygen atoms in total. The van der Waals surface area contributed by atoms with Gasteiger partial charge < -0.3 is 11.1 Å². The first-order chi connectivity index (χ1) is 18.1. The second-order valence-electron chi connectivity index (χ2n) is 9.92.